The lowest BCUT2D eigenvalue weighted by molar-refractivity contribution is 0.0737. The second kappa shape index (κ2) is 9.20. The molecule has 0 bridgehead atoms. The van der Waals surface area contributed by atoms with Gasteiger partial charge in [0.05, 0.1) is 17.7 Å². The van der Waals surface area contributed by atoms with Crippen LogP contribution in [0.25, 0.3) is 27.3 Å². The third-order valence-corrected chi connectivity index (χ3v) is 7.71. The van der Waals surface area contributed by atoms with E-state index in [0.29, 0.717) is 18.8 Å². The van der Waals surface area contributed by atoms with Crippen LogP contribution >= 0.6 is 11.3 Å². The zero-order chi connectivity index (χ0) is 24.6. The number of carbonyl (C=O) groups excluding carboxylic acids is 1. The number of nitrogens with zero attached hydrogens (tertiary/aromatic N) is 5. The minimum absolute atomic E-state index is 0.0554. The number of amides is 1. The zero-order valence-corrected chi connectivity index (χ0v) is 21.1. The molecule has 0 unspecified atom stereocenters. The number of benzene rings is 2. The van der Waals surface area contributed by atoms with Gasteiger partial charge in [0, 0.05) is 44.3 Å². The molecule has 36 heavy (non-hydrogen) atoms. The number of rotatable bonds is 5. The molecule has 0 N–H and O–H groups in total. The van der Waals surface area contributed by atoms with E-state index in [0.717, 1.165) is 51.8 Å². The maximum Gasteiger partial charge on any atom is 0.270 e. The molecule has 2 aromatic carbocycles. The molecule has 0 radical (unpaired) electrons. The van der Waals surface area contributed by atoms with Crippen LogP contribution in [0.3, 0.4) is 0 Å². The fraction of sp³-hybridized carbons (Fsp3) is 0.214. The molecule has 8 heteroatoms. The predicted molar refractivity (Wildman–Crippen MR) is 144 cm³/mol. The van der Waals surface area contributed by atoms with Gasteiger partial charge in [-0.1, -0.05) is 24.3 Å². The number of aryl methyl sites for hydroxylation is 1. The Bertz CT molecular complexity index is 1500. The van der Waals surface area contributed by atoms with Crippen molar-refractivity contribution in [2.24, 2.45) is 7.05 Å². The van der Waals surface area contributed by atoms with E-state index in [1.807, 2.05) is 75.8 Å². The topological polar surface area (TPSA) is 55.5 Å². The molecule has 0 aliphatic carbocycles. The van der Waals surface area contributed by atoms with Gasteiger partial charge in [0.25, 0.3) is 5.91 Å². The zero-order valence-electron chi connectivity index (χ0n) is 20.3. The summed E-state index contributed by atoms with van der Waals surface area (Å²) in [6.07, 6.45) is 0. The van der Waals surface area contributed by atoms with E-state index in [4.69, 9.17) is 9.84 Å². The van der Waals surface area contributed by atoms with Crippen LogP contribution in [-0.4, -0.2) is 58.4 Å². The van der Waals surface area contributed by atoms with Gasteiger partial charge in [-0.25, -0.2) is 4.68 Å². The van der Waals surface area contributed by atoms with Gasteiger partial charge < -0.3 is 19.1 Å². The average molecular weight is 498 g/mol. The SMILES string of the molecule is COc1ccc(N2CCN(C(=O)c3cc4c(-c5cccs5)nn(-c5ccccc5)c4n3C)CC2)cc1. The first-order chi connectivity index (χ1) is 17.6. The Labute approximate surface area is 213 Å². The highest BCUT2D eigenvalue weighted by atomic mass is 32.1. The number of hydrogen-bond acceptors (Lipinski definition) is 5. The van der Waals surface area contributed by atoms with Crippen molar-refractivity contribution in [1.82, 2.24) is 19.2 Å². The van der Waals surface area contributed by atoms with E-state index in [-0.39, 0.29) is 5.91 Å². The van der Waals surface area contributed by atoms with Crippen LogP contribution < -0.4 is 9.64 Å². The summed E-state index contributed by atoms with van der Waals surface area (Å²) in [5.41, 5.74) is 4.63. The number of anilines is 1. The van der Waals surface area contributed by atoms with Crippen LogP contribution in [0.2, 0.25) is 0 Å². The molecular weight excluding hydrogens is 470 g/mol. The number of methoxy groups -OCH3 is 1. The minimum atomic E-state index is 0.0554. The van der Waals surface area contributed by atoms with E-state index in [1.54, 1.807) is 18.4 Å². The van der Waals surface area contributed by atoms with Crippen molar-refractivity contribution in [3.63, 3.8) is 0 Å². The highest BCUT2D eigenvalue weighted by Gasteiger charge is 2.27. The lowest BCUT2D eigenvalue weighted by Gasteiger charge is -2.36. The molecule has 0 saturated carbocycles. The summed E-state index contributed by atoms with van der Waals surface area (Å²) < 4.78 is 9.21. The largest absolute Gasteiger partial charge is 0.497 e. The number of para-hydroxylation sites is 1. The van der Waals surface area contributed by atoms with E-state index in [9.17, 15) is 4.79 Å². The van der Waals surface area contributed by atoms with Crippen LogP contribution in [0.4, 0.5) is 5.69 Å². The molecule has 0 spiro atoms. The van der Waals surface area contributed by atoms with Gasteiger partial charge in [-0.15, -0.1) is 11.3 Å². The molecule has 1 saturated heterocycles. The molecule has 3 aromatic heterocycles. The van der Waals surface area contributed by atoms with Gasteiger partial charge in [0.2, 0.25) is 0 Å². The lowest BCUT2D eigenvalue weighted by atomic mass is 10.2. The first-order valence-electron chi connectivity index (χ1n) is 12.0. The monoisotopic (exact) mass is 497 g/mol. The number of thiophene rings is 1. The highest BCUT2D eigenvalue weighted by molar-refractivity contribution is 7.13. The van der Waals surface area contributed by atoms with Crippen molar-refractivity contribution in [3.05, 3.63) is 83.9 Å². The highest BCUT2D eigenvalue weighted by Crippen LogP contribution is 2.34. The van der Waals surface area contributed by atoms with E-state index in [1.165, 1.54) is 0 Å². The molecule has 4 heterocycles. The van der Waals surface area contributed by atoms with Crippen LogP contribution in [0, 0.1) is 0 Å². The Morgan fingerprint density at radius 1 is 0.917 bits per heavy atom. The van der Waals surface area contributed by atoms with Crippen LogP contribution in [-0.2, 0) is 7.05 Å². The van der Waals surface area contributed by atoms with Gasteiger partial charge in [0.15, 0.2) is 0 Å². The minimum Gasteiger partial charge on any atom is -0.497 e. The van der Waals surface area contributed by atoms with Crippen LogP contribution in [0.5, 0.6) is 5.75 Å². The Kier molecular flexibility index (Phi) is 5.73. The number of hydrogen-bond donors (Lipinski definition) is 0. The van der Waals surface area contributed by atoms with Gasteiger partial charge >= 0.3 is 0 Å². The molecule has 7 nitrogen and oxygen atoms in total. The molecular formula is C28H27N5O2S. The van der Waals surface area contributed by atoms with Crippen molar-refractivity contribution in [3.8, 4) is 22.0 Å². The third-order valence-electron chi connectivity index (χ3n) is 6.84. The second-order valence-electron chi connectivity index (χ2n) is 8.88. The number of piperazine rings is 1. The molecule has 182 valence electrons. The Balaban J connectivity index is 1.31. The maximum atomic E-state index is 13.7. The van der Waals surface area contributed by atoms with E-state index in [2.05, 4.69) is 28.5 Å². The molecule has 1 aliphatic rings. The van der Waals surface area contributed by atoms with Crippen molar-refractivity contribution in [2.75, 3.05) is 38.2 Å². The second-order valence-corrected chi connectivity index (χ2v) is 9.82. The maximum absolute atomic E-state index is 13.7. The standard InChI is InChI=1S/C28H27N5O2S/c1-30-24(28(34)32-16-14-31(15-17-32)20-10-12-22(35-2)13-11-20)19-23-26(25-9-6-18-36-25)29-33(27(23)30)21-7-4-3-5-8-21/h3-13,18-19H,14-17H2,1-2H3. The lowest BCUT2D eigenvalue weighted by Crippen LogP contribution is -2.49. The Morgan fingerprint density at radius 2 is 1.67 bits per heavy atom. The van der Waals surface area contributed by atoms with Crippen LogP contribution in [0.15, 0.2) is 78.2 Å². The molecule has 1 amide bonds. The van der Waals surface area contributed by atoms with Crippen LogP contribution in [0.1, 0.15) is 10.5 Å². The third kappa shape index (κ3) is 3.83. The summed E-state index contributed by atoms with van der Waals surface area (Å²) in [7, 11) is 3.63. The van der Waals surface area contributed by atoms with Crippen molar-refractivity contribution in [1.29, 1.82) is 0 Å². The van der Waals surface area contributed by atoms with Gasteiger partial charge in [-0.3, -0.25) is 4.79 Å². The van der Waals surface area contributed by atoms with Gasteiger partial charge in [-0.2, -0.15) is 5.10 Å². The molecule has 1 aliphatic heterocycles. The summed E-state index contributed by atoms with van der Waals surface area (Å²) in [6.45, 7) is 2.93. The predicted octanol–water partition coefficient (Wildman–Crippen LogP) is 5.06. The molecule has 5 aromatic rings. The summed E-state index contributed by atoms with van der Waals surface area (Å²) >= 11 is 1.66. The first kappa shape index (κ1) is 22.4. The van der Waals surface area contributed by atoms with E-state index >= 15 is 0 Å². The average Bonchev–Trinajstić information content (AvgIpc) is 3.67. The fourth-order valence-electron chi connectivity index (χ4n) is 4.90. The Morgan fingerprint density at radius 3 is 2.33 bits per heavy atom. The number of aromatic nitrogens is 3. The number of carbonyl (C=O) groups is 1. The number of ether oxygens (including phenoxy) is 1. The Hall–Kier alpha value is -4.04. The first-order valence-corrected chi connectivity index (χ1v) is 12.9. The molecule has 6 rings (SSSR count). The molecule has 1 fully saturated rings. The summed E-state index contributed by atoms with van der Waals surface area (Å²) in [5.74, 6) is 0.902. The van der Waals surface area contributed by atoms with Gasteiger partial charge in [-0.05, 0) is 53.9 Å². The van der Waals surface area contributed by atoms with Gasteiger partial charge in [0.1, 0.15) is 22.8 Å². The normalized spacial score (nSPS) is 13.9. The summed E-state index contributed by atoms with van der Waals surface area (Å²) in [6, 6.07) is 24.3. The quantitative estimate of drug-likeness (QED) is 0.341. The van der Waals surface area contributed by atoms with E-state index < -0.39 is 0 Å². The molecule has 0 atom stereocenters. The smallest absolute Gasteiger partial charge is 0.270 e. The fourth-order valence-corrected chi connectivity index (χ4v) is 5.62. The van der Waals surface area contributed by atoms with Crippen molar-refractivity contribution in [2.45, 2.75) is 0 Å². The van der Waals surface area contributed by atoms with Crippen molar-refractivity contribution < 1.29 is 9.53 Å². The van der Waals surface area contributed by atoms with Crippen molar-refractivity contribution >= 4 is 34.0 Å². The number of fused-ring (bicyclic) bond motifs is 1. The summed E-state index contributed by atoms with van der Waals surface area (Å²) in [5, 5.41) is 8.00. The summed E-state index contributed by atoms with van der Waals surface area (Å²) in [4.78, 5) is 19.1.